The average Bonchev–Trinajstić information content (AvgIpc) is 3.37. The lowest BCUT2D eigenvalue weighted by molar-refractivity contribution is 1.04. The lowest BCUT2D eigenvalue weighted by Gasteiger charge is -2.24. The first-order valence-corrected chi connectivity index (χ1v) is 18.3. The van der Waals surface area contributed by atoms with E-state index in [2.05, 4.69) is 121 Å². The first kappa shape index (κ1) is 25.0. The SMILES string of the molecule is CCSC(c1ccc(C(SC)C2SCC(CSS)S2)cc1)C1SCC(CS)S1. The molecule has 0 N–H and O–H groups in total. The highest BCUT2D eigenvalue weighted by Crippen LogP contribution is 2.52. The molecule has 1 aromatic rings. The van der Waals surface area contributed by atoms with Crippen LogP contribution in [0.2, 0.25) is 0 Å². The van der Waals surface area contributed by atoms with Crippen LogP contribution in [0.4, 0.5) is 0 Å². The van der Waals surface area contributed by atoms with E-state index < -0.39 is 0 Å². The van der Waals surface area contributed by atoms with Gasteiger partial charge in [-0.3, -0.25) is 0 Å². The molecule has 6 atom stereocenters. The number of thiol groups is 2. The summed E-state index contributed by atoms with van der Waals surface area (Å²) < 4.78 is 1.31. The van der Waals surface area contributed by atoms with Gasteiger partial charge in [-0.05, 0) is 23.1 Å². The van der Waals surface area contributed by atoms with Crippen LogP contribution in [-0.4, -0.2) is 54.7 Å². The quantitative estimate of drug-likeness (QED) is 0.225. The molecule has 2 aliphatic rings. The summed E-state index contributed by atoms with van der Waals surface area (Å²) in [5.74, 6) is 5.82. The summed E-state index contributed by atoms with van der Waals surface area (Å²) in [5.41, 5.74) is 2.98. The summed E-state index contributed by atoms with van der Waals surface area (Å²) in [4.78, 5) is 0. The third-order valence-electron chi connectivity index (χ3n) is 4.70. The van der Waals surface area contributed by atoms with Gasteiger partial charge in [0.2, 0.25) is 0 Å². The van der Waals surface area contributed by atoms with E-state index in [0.29, 0.717) is 24.9 Å². The Balaban J connectivity index is 1.68. The molecule has 0 nitrogen and oxygen atoms in total. The topological polar surface area (TPSA) is 0 Å². The monoisotopic (exact) mass is 544 g/mol. The number of benzene rings is 1. The molecule has 0 amide bonds. The van der Waals surface area contributed by atoms with Crippen LogP contribution in [0, 0.1) is 0 Å². The van der Waals surface area contributed by atoms with Crippen molar-refractivity contribution in [3.05, 3.63) is 35.4 Å². The molecule has 2 fully saturated rings. The molecular weight excluding hydrogens is 517 g/mol. The Morgan fingerprint density at radius 3 is 2.11 bits per heavy atom. The minimum atomic E-state index is 0.569. The van der Waals surface area contributed by atoms with Crippen molar-refractivity contribution >= 4 is 106 Å². The summed E-state index contributed by atoms with van der Waals surface area (Å²) in [5, 5.41) is 2.60. The molecule has 0 aromatic heterocycles. The van der Waals surface area contributed by atoms with Crippen LogP contribution in [-0.2, 0) is 0 Å². The van der Waals surface area contributed by atoms with Gasteiger partial charge in [-0.2, -0.15) is 36.2 Å². The highest BCUT2D eigenvalue weighted by atomic mass is 33.1. The first-order valence-electron chi connectivity index (χ1n) is 9.35. The Hall–Kier alpha value is 2.37. The van der Waals surface area contributed by atoms with Crippen molar-refractivity contribution in [1.29, 1.82) is 0 Å². The van der Waals surface area contributed by atoms with Gasteiger partial charge in [0.1, 0.15) is 0 Å². The lowest BCUT2D eigenvalue weighted by atomic mass is 10.1. The second-order valence-corrected chi connectivity index (χ2v) is 16.6. The molecular formula is C19H28S9. The van der Waals surface area contributed by atoms with Gasteiger partial charge in [-0.1, -0.05) is 42.0 Å². The Morgan fingerprint density at radius 1 is 1.00 bits per heavy atom. The second-order valence-electron chi connectivity index (χ2n) is 6.60. The van der Waals surface area contributed by atoms with Crippen molar-refractivity contribution in [2.75, 3.05) is 35.0 Å². The van der Waals surface area contributed by atoms with Gasteiger partial charge in [-0.25, -0.2) is 0 Å². The second kappa shape index (κ2) is 13.2. The fourth-order valence-corrected chi connectivity index (χ4v) is 15.5. The predicted molar refractivity (Wildman–Crippen MR) is 154 cm³/mol. The van der Waals surface area contributed by atoms with E-state index in [4.69, 9.17) is 0 Å². The summed E-state index contributed by atoms with van der Waals surface area (Å²) in [6.45, 7) is 2.28. The minimum Gasteiger partial charge on any atom is -0.178 e. The zero-order valence-corrected chi connectivity index (χ0v) is 23.6. The molecule has 158 valence electrons. The predicted octanol–water partition coefficient (Wildman–Crippen LogP) is 7.74. The molecule has 9 heteroatoms. The van der Waals surface area contributed by atoms with Crippen molar-refractivity contribution < 1.29 is 0 Å². The molecule has 2 heterocycles. The molecule has 1 aromatic carbocycles. The maximum atomic E-state index is 4.52. The minimum absolute atomic E-state index is 0.569. The highest BCUT2D eigenvalue weighted by molar-refractivity contribution is 8.68. The van der Waals surface area contributed by atoms with Crippen LogP contribution >= 0.6 is 106 Å². The van der Waals surface area contributed by atoms with Gasteiger partial charge in [0.15, 0.2) is 0 Å². The Bertz CT molecular complexity index is 581. The molecule has 3 rings (SSSR count). The molecule has 2 aliphatic heterocycles. The van der Waals surface area contributed by atoms with E-state index in [0.717, 1.165) is 16.8 Å². The van der Waals surface area contributed by atoms with Crippen LogP contribution in [0.5, 0.6) is 0 Å². The van der Waals surface area contributed by atoms with Crippen LogP contribution in [0.15, 0.2) is 24.3 Å². The number of rotatable bonds is 10. The van der Waals surface area contributed by atoms with Gasteiger partial charge < -0.3 is 0 Å². The highest BCUT2D eigenvalue weighted by Gasteiger charge is 2.34. The average molecular weight is 545 g/mol. The normalized spacial score (nSPS) is 29.9. The van der Waals surface area contributed by atoms with Crippen LogP contribution in [0.3, 0.4) is 0 Å². The van der Waals surface area contributed by atoms with Crippen molar-refractivity contribution in [1.82, 2.24) is 0 Å². The molecule has 28 heavy (non-hydrogen) atoms. The van der Waals surface area contributed by atoms with Crippen molar-refractivity contribution in [2.45, 2.75) is 37.1 Å². The molecule has 0 saturated carbocycles. The first-order chi connectivity index (χ1) is 13.7. The van der Waals surface area contributed by atoms with Gasteiger partial charge in [-0.15, -0.1) is 58.7 Å². The van der Waals surface area contributed by atoms with Gasteiger partial charge in [0.25, 0.3) is 0 Å². The van der Waals surface area contributed by atoms with Crippen molar-refractivity contribution in [2.24, 2.45) is 0 Å². The van der Waals surface area contributed by atoms with Crippen LogP contribution in [0.1, 0.15) is 28.6 Å². The third kappa shape index (κ3) is 6.69. The Morgan fingerprint density at radius 2 is 1.57 bits per heavy atom. The molecule has 0 bridgehead atoms. The van der Waals surface area contributed by atoms with E-state index in [1.807, 2.05) is 11.8 Å². The van der Waals surface area contributed by atoms with E-state index in [1.54, 1.807) is 10.8 Å². The Kier molecular flexibility index (Phi) is 11.8. The largest absolute Gasteiger partial charge is 0.178 e. The Labute approximate surface area is 211 Å². The van der Waals surface area contributed by atoms with Crippen LogP contribution < -0.4 is 0 Å². The van der Waals surface area contributed by atoms with Crippen molar-refractivity contribution in [3.8, 4) is 0 Å². The van der Waals surface area contributed by atoms with E-state index in [1.165, 1.54) is 28.4 Å². The van der Waals surface area contributed by atoms with Gasteiger partial charge >= 0.3 is 0 Å². The smallest absolute Gasteiger partial charge is 0.0665 e. The standard InChI is InChI=1S/C19H28S9/c1-3-23-17(19-24-9-14(8-20)27-19)13-6-4-12(5-7-13)16(22-2)18-25-10-15(28-18)11-26-21/h4-7,14-21H,3,8-11H2,1-2H3. The summed E-state index contributed by atoms with van der Waals surface area (Å²) in [7, 11) is 1.68. The molecule has 0 spiro atoms. The van der Waals surface area contributed by atoms with Gasteiger partial charge in [0, 0.05) is 33.5 Å². The maximum Gasteiger partial charge on any atom is 0.0665 e. The van der Waals surface area contributed by atoms with E-state index in [9.17, 15) is 0 Å². The van der Waals surface area contributed by atoms with E-state index in [-0.39, 0.29) is 0 Å². The summed E-state index contributed by atoms with van der Waals surface area (Å²) in [6, 6.07) is 9.63. The summed E-state index contributed by atoms with van der Waals surface area (Å²) >= 11 is 21.5. The van der Waals surface area contributed by atoms with Gasteiger partial charge in [0.05, 0.1) is 19.7 Å². The molecule has 6 unspecified atom stereocenters. The maximum absolute atomic E-state index is 4.52. The van der Waals surface area contributed by atoms with E-state index >= 15 is 0 Å². The summed E-state index contributed by atoms with van der Waals surface area (Å²) in [6.07, 6.45) is 2.26. The molecule has 2 saturated heterocycles. The van der Waals surface area contributed by atoms with Crippen LogP contribution in [0.25, 0.3) is 0 Å². The van der Waals surface area contributed by atoms with Crippen molar-refractivity contribution in [3.63, 3.8) is 0 Å². The fourth-order valence-electron chi connectivity index (χ4n) is 3.32. The lowest BCUT2D eigenvalue weighted by Crippen LogP contribution is -2.10. The zero-order chi connectivity index (χ0) is 19.9. The number of hydrogen-bond donors (Lipinski definition) is 2. The third-order valence-corrected chi connectivity index (χ3v) is 16.4. The molecule has 0 radical (unpaired) electrons. The molecule has 0 aliphatic carbocycles. The number of thioether (sulfide) groups is 6. The zero-order valence-electron chi connectivity index (χ0n) is 16.1. The fraction of sp³-hybridized carbons (Fsp3) is 0.684. The number of hydrogen-bond acceptors (Lipinski definition) is 9.